The fourth-order valence-electron chi connectivity index (χ4n) is 5.57. The van der Waals surface area contributed by atoms with Crippen molar-refractivity contribution >= 4 is 17.1 Å². The van der Waals surface area contributed by atoms with Gasteiger partial charge in [-0.15, -0.1) is 0 Å². The Hall–Kier alpha value is -3.64. The van der Waals surface area contributed by atoms with Crippen molar-refractivity contribution in [3.05, 3.63) is 102 Å². The first-order valence-corrected chi connectivity index (χ1v) is 12.8. The predicted octanol–water partition coefficient (Wildman–Crippen LogP) is 6.20. The molecular weight excluding hydrogens is 448 g/mol. The summed E-state index contributed by atoms with van der Waals surface area (Å²) in [5, 5.41) is 10.0. The normalized spacial score (nSPS) is 19.0. The van der Waals surface area contributed by atoms with Crippen LogP contribution in [-0.2, 0) is 13.1 Å². The minimum Gasteiger partial charge on any atom is -0.465 e. The Bertz CT molecular complexity index is 1230. The summed E-state index contributed by atoms with van der Waals surface area (Å²) >= 11 is 0. The van der Waals surface area contributed by atoms with E-state index in [9.17, 15) is 9.90 Å². The van der Waals surface area contributed by atoms with Crippen LogP contribution in [0.3, 0.4) is 0 Å². The van der Waals surface area contributed by atoms with Crippen LogP contribution in [0, 0.1) is 0 Å². The molecule has 1 fully saturated rings. The van der Waals surface area contributed by atoms with Crippen molar-refractivity contribution in [3.63, 3.8) is 0 Å². The molecule has 3 atom stereocenters. The van der Waals surface area contributed by atoms with Crippen molar-refractivity contribution in [3.8, 4) is 0 Å². The van der Waals surface area contributed by atoms with Gasteiger partial charge < -0.3 is 14.6 Å². The van der Waals surface area contributed by atoms with E-state index in [0.717, 1.165) is 43.4 Å². The number of aromatic nitrogens is 2. The van der Waals surface area contributed by atoms with Crippen LogP contribution in [-0.4, -0.2) is 49.2 Å². The Morgan fingerprint density at radius 3 is 2.22 bits per heavy atom. The van der Waals surface area contributed by atoms with Gasteiger partial charge in [0.15, 0.2) is 0 Å². The maximum atomic E-state index is 12.2. The minimum absolute atomic E-state index is 0.0496. The Balaban J connectivity index is 1.36. The van der Waals surface area contributed by atoms with E-state index in [-0.39, 0.29) is 18.1 Å². The molecule has 6 nitrogen and oxygen atoms in total. The van der Waals surface area contributed by atoms with E-state index >= 15 is 0 Å². The smallest absolute Gasteiger partial charge is 0.407 e. The molecule has 1 N–H and O–H groups in total. The molecule has 0 radical (unpaired) electrons. The zero-order valence-electron chi connectivity index (χ0n) is 20.8. The molecule has 2 unspecified atom stereocenters. The number of para-hydroxylation sites is 2. The maximum Gasteiger partial charge on any atom is 0.407 e. The van der Waals surface area contributed by atoms with Gasteiger partial charge in [0.05, 0.1) is 17.4 Å². The molecule has 1 aliphatic rings. The fourth-order valence-corrected chi connectivity index (χ4v) is 5.57. The molecule has 0 aliphatic carbocycles. The van der Waals surface area contributed by atoms with Crippen LogP contribution < -0.4 is 0 Å². The summed E-state index contributed by atoms with van der Waals surface area (Å²) < 4.78 is 2.25. The molecule has 6 heteroatoms. The second kappa shape index (κ2) is 11.0. The average Bonchev–Trinajstić information content (AvgIpc) is 3.33. The van der Waals surface area contributed by atoms with Crippen molar-refractivity contribution in [1.29, 1.82) is 0 Å². The first-order chi connectivity index (χ1) is 17.6. The van der Waals surface area contributed by atoms with Gasteiger partial charge in [-0.2, -0.15) is 0 Å². The molecule has 3 aromatic carbocycles. The third-order valence-corrected chi connectivity index (χ3v) is 7.50. The molecule has 1 amide bonds. The maximum absolute atomic E-state index is 12.2. The van der Waals surface area contributed by atoms with E-state index in [0.29, 0.717) is 6.54 Å². The zero-order valence-corrected chi connectivity index (χ0v) is 20.8. The summed E-state index contributed by atoms with van der Waals surface area (Å²) in [6.07, 6.45) is 3.48. The van der Waals surface area contributed by atoms with Gasteiger partial charge in [0.1, 0.15) is 0 Å². The number of likely N-dealkylation sites (tertiary alicyclic amines) is 1. The Labute approximate surface area is 212 Å². The molecule has 4 aromatic rings. The third kappa shape index (κ3) is 5.44. The molecule has 5 rings (SSSR count). The highest BCUT2D eigenvalue weighted by atomic mass is 16.4. The van der Waals surface area contributed by atoms with E-state index in [4.69, 9.17) is 0 Å². The number of rotatable bonds is 8. The number of hydrogen-bond acceptors (Lipinski definition) is 3. The number of amides is 1. The fraction of sp³-hybridized carbons (Fsp3) is 0.333. The van der Waals surface area contributed by atoms with E-state index in [1.54, 1.807) is 4.90 Å². The van der Waals surface area contributed by atoms with E-state index in [2.05, 4.69) is 76.0 Å². The van der Waals surface area contributed by atoms with Gasteiger partial charge in [-0.1, -0.05) is 72.8 Å². The van der Waals surface area contributed by atoms with Crippen LogP contribution >= 0.6 is 0 Å². The van der Waals surface area contributed by atoms with Crippen molar-refractivity contribution < 1.29 is 9.90 Å². The lowest BCUT2D eigenvalue weighted by molar-refractivity contribution is 0.0691. The van der Waals surface area contributed by atoms with Gasteiger partial charge in [0.25, 0.3) is 0 Å². The van der Waals surface area contributed by atoms with Crippen LogP contribution in [0.15, 0.2) is 91.3 Å². The van der Waals surface area contributed by atoms with Crippen LogP contribution in [0.1, 0.15) is 43.4 Å². The largest absolute Gasteiger partial charge is 0.465 e. The van der Waals surface area contributed by atoms with E-state index in [1.807, 2.05) is 36.7 Å². The lowest BCUT2D eigenvalue weighted by Gasteiger charge is -2.41. The monoisotopic (exact) mass is 482 g/mol. The van der Waals surface area contributed by atoms with Gasteiger partial charge in [0.2, 0.25) is 0 Å². The summed E-state index contributed by atoms with van der Waals surface area (Å²) in [6, 6.07) is 29.6. The lowest BCUT2D eigenvalue weighted by atomic mass is 9.92. The predicted molar refractivity (Wildman–Crippen MR) is 143 cm³/mol. The molecular formula is C30H34N4O2. The van der Waals surface area contributed by atoms with Gasteiger partial charge in [-0.3, -0.25) is 4.90 Å². The Morgan fingerprint density at radius 2 is 1.58 bits per heavy atom. The van der Waals surface area contributed by atoms with Crippen molar-refractivity contribution in [1.82, 2.24) is 19.4 Å². The first-order valence-electron chi connectivity index (χ1n) is 12.8. The number of carboxylic acid groups (broad SMARTS) is 1. The number of imidazole rings is 1. The number of nitrogens with zero attached hydrogens (tertiary/aromatic N) is 4. The molecule has 0 bridgehead atoms. The van der Waals surface area contributed by atoms with Gasteiger partial charge in [-0.25, -0.2) is 9.78 Å². The molecule has 0 saturated carbocycles. The topological polar surface area (TPSA) is 61.6 Å². The van der Waals surface area contributed by atoms with Gasteiger partial charge in [0, 0.05) is 37.8 Å². The standard InChI is InChI=1S/C30H34N4O2/c1-23(32(20-24-10-4-2-5-11-24)21-25-12-6-3-7-13-25)18-27-19-26(16-17-33(27)30(35)36)34-22-31-28-14-8-9-15-29(28)34/h2-15,22-23,26-27H,16-21H2,1H3,(H,35,36)/t23?,26?,27-/m0/s1. The molecule has 36 heavy (non-hydrogen) atoms. The Morgan fingerprint density at radius 1 is 0.972 bits per heavy atom. The van der Waals surface area contributed by atoms with Crippen LogP contribution in [0.4, 0.5) is 4.79 Å². The summed E-state index contributed by atoms with van der Waals surface area (Å²) in [5.74, 6) is 0. The van der Waals surface area contributed by atoms with Gasteiger partial charge >= 0.3 is 6.09 Å². The molecule has 0 spiro atoms. The lowest BCUT2D eigenvalue weighted by Crippen LogP contribution is -2.48. The molecule has 2 heterocycles. The average molecular weight is 483 g/mol. The van der Waals surface area contributed by atoms with E-state index in [1.165, 1.54) is 11.1 Å². The van der Waals surface area contributed by atoms with Crippen molar-refractivity contribution in [2.75, 3.05) is 6.54 Å². The highest BCUT2D eigenvalue weighted by Crippen LogP contribution is 2.33. The number of fused-ring (bicyclic) bond motifs is 1. The number of carbonyl (C=O) groups is 1. The number of piperidine rings is 1. The third-order valence-electron chi connectivity index (χ3n) is 7.50. The second-order valence-electron chi connectivity index (χ2n) is 9.91. The molecule has 1 saturated heterocycles. The van der Waals surface area contributed by atoms with E-state index < -0.39 is 6.09 Å². The van der Waals surface area contributed by atoms with Crippen molar-refractivity contribution in [2.24, 2.45) is 0 Å². The van der Waals surface area contributed by atoms with Crippen LogP contribution in [0.25, 0.3) is 11.0 Å². The highest BCUT2D eigenvalue weighted by molar-refractivity contribution is 5.75. The van der Waals surface area contributed by atoms with Crippen molar-refractivity contribution in [2.45, 2.75) is 57.4 Å². The summed E-state index contributed by atoms with van der Waals surface area (Å²) in [5.41, 5.74) is 4.64. The SMILES string of the molecule is CC(C[C@H]1CC(n2cnc3ccccc32)CCN1C(=O)O)N(Cc1ccccc1)Cc1ccccc1. The summed E-state index contributed by atoms with van der Waals surface area (Å²) in [7, 11) is 0. The molecule has 1 aromatic heterocycles. The van der Waals surface area contributed by atoms with Crippen LogP contribution in [0.5, 0.6) is 0 Å². The first kappa shape index (κ1) is 24.1. The number of benzene rings is 3. The summed E-state index contributed by atoms with van der Waals surface area (Å²) in [6.45, 7) is 4.43. The Kier molecular flexibility index (Phi) is 7.33. The summed E-state index contributed by atoms with van der Waals surface area (Å²) in [4.78, 5) is 20.9. The highest BCUT2D eigenvalue weighted by Gasteiger charge is 2.34. The number of hydrogen-bond donors (Lipinski definition) is 1. The zero-order chi connectivity index (χ0) is 24.9. The van der Waals surface area contributed by atoms with Gasteiger partial charge in [-0.05, 0) is 49.4 Å². The second-order valence-corrected chi connectivity index (χ2v) is 9.91. The quantitative estimate of drug-likeness (QED) is 0.325. The molecule has 1 aliphatic heterocycles. The molecule has 186 valence electrons. The minimum atomic E-state index is -0.821. The van der Waals surface area contributed by atoms with Crippen LogP contribution in [0.2, 0.25) is 0 Å².